The standard InChI is InChI=1S/3C6H5.C4H8OS2.Sn/c3*1-2-4-6-5-3-1;1-3(2)5-4(6)7;/h3*1-5H;3H,1-2H3,(H,6,7);/q;;;;+1/p-1. The maximum absolute atomic E-state index is 5.92. The van der Waals surface area contributed by atoms with Gasteiger partial charge >= 0.3 is 169 Å². The van der Waals surface area contributed by atoms with Crippen molar-refractivity contribution in [2.75, 3.05) is 0 Å². The minimum absolute atomic E-state index is 0.0845. The number of thiocarbonyl (C=S) groups is 1. The van der Waals surface area contributed by atoms with Crippen molar-refractivity contribution in [2.45, 2.75) is 20.0 Å². The van der Waals surface area contributed by atoms with E-state index in [9.17, 15) is 0 Å². The summed E-state index contributed by atoms with van der Waals surface area (Å²) in [5.41, 5.74) is 0. The van der Waals surface area contributed by atoms with Gasteiger partial charge in [-0.1, -0.05) is 0 Å². The number of rotatable bonds is 5. The first-order chi connectivity index (χ1) is 12.6. The van der Waals surface area contributed by atoms with E-state index in [0.717, 1.165) is 0 Å². The Balaban J connectivity index is 2.23. The topological polar surface area (TPSA) is 9.23 Å². The van der Waals surface area contributed by atoms with E-state index in [1.165, 1.54) is 10.7 Å². The summed E-state index contributed by atoms with van der Waals surface area (Å²) in [6, 6.07) is 32.5. The van der Waals surface area contributed by atoms with Crippen LogP contribution in [-0.4, -0.2) is 27.5 Å². The normalized spacial score (nSPS) is 11.3. The molecule has 0 heterocycles. The molecule has 0 N–H and O–H groups in total. The van der Waals surface area contributed by atoms with Crippen LogP contribution in [0.5, 0.6) is 0 Å². The van der Waals surface area contributed by atoms with E-state index < -0.39 is 17.0 Å². The zero-order chi connectivity index (χ0) is 18.4. The quantitative estimate of drug-likeness (QED) is 0.398. The van der Waals surface area contributed by atoms with Gasteiger partial charge in [-0.2, -0.15) is 0 Å². The fourth-order valence-electron chi connectivity index (χ4n) is 3.04. The van der Waals surface area contributed by atoms with Gasteiger partial charge in [-0.25, -0.2) is 0 Å². The molecule has 0 saturated heterocycles. The maximum atomic E-state index is 5.92. The average Bonchev–Trinajstić information content (AvgIpc) is 2.67. The van der Waals surface area contributed by atoms with Crippen LogP contribution in [0.15, 0.2) is 91.0 Å². The van der Waals surface area contributed by atoms with Crippen LogP contribution < -0.4 is 10.7 Å². The summed E-state index contributed by atoms with van der Waals surface area (Å²) in [5, 5.41) is 0. The third-order valence-electron chi connectivity index (χ3n) is 4.11. The Bertz CT molecular complexity index is 739. The van der Waals surface area contributed by atoms with Gasteiger partial charge in [0.05, 0.1) is 0 Å². The van der Waals surface area contributed by atoms with E-state index in [1.54, 1.807) is 8.95 Å². The number of benzene rings is 3. The van der Waals surface area contributed by atoms with Crippen molar-refractivity contribution in [1.82, 2.24) is 0 Å². The molecule has 0 spiro atoms. The van der Waals surface area contributed by atoms with Crippen LogP contribution in [0.2, 0.25) is 0 Å². The molecular weight excluding hydrogens is 463 g/mol. The average molecular weight is 485 g/mol. The van der Waals surface area contributed by atoms with Gasteiger partial charge in [0.15, 0.2) is 0 Å². The molecule has 3 aromatic rings. The van der Waals surface area contributed by atoms with Crippen LogP contribution in [0, 0.1) is 0 Å². The van der Waals surface area contributed by atoms with Crippen molar-refractivity contribution in [3.05, 3.63) is 91.0 Å². The van der Waals surface area contributed by atoms with Crippen molar-refractivity contribution in [1.29, 1.82) is 0 Å². The van der Waals surface area contributed by atoms with Crippen LogP contribution in [0.1, 0.15) is 13.8 Å². The fraction of sp³-hybridized carbons (Fsp3) is 0.136. The van der Waals surface area contributed by atoms with Crippen LogP contribution in [0.25, 0.3) is 0 Å². The van der Waals surface area contributed by atoms with Crippen molar-refractivity contribution in [3.63, 3.8) is 0 Å². The summed E-state index contributed by atoms with van der Waals surface area (Å²) < 4.78 is 10.7. The van der Waals surface area contributed by atoms with Gasteiger partial charge in [0, 0.05) is 0 Å². The minimum atomic E-state index is -3.40. The molecule has 0 aromatic heterocycles. The van der Waals surface area contributed by atoms with Crippen LogP contribution >= 0.6 is 21.2 Å². The number of ether oxygens (including phenoxy) is 1. The summed E-state index contributed by atoms with van der Waals surface area (Å²) in [6.45, 7) is 4.05. The molecule has 4 heteroatoms. The fourth-order valence-corrected chi connectivity index (χ4v) is 23.4. The number of hydrogen-bond donors (Lipinski definition) is 0. The van der Waals surface area contributed by atoms with Gasteiger partial charge in [-0.05, 0) is 0 Å². The molecule has 3 aromatic carbocycles. The second-order valence-electron chi connectivity index (χ2n) is 6.30. The molecule has 26 heavy (non-hydrogen) atoms. The Morgan fingerprint density at radius 1 is 0.731 bits per heavy atom. The van der Waals surface area contributed by atoms with Crippen molar-refractivity contribution in [2.24, 2.45) is 0 Å². The first kappa shape index (κ1) is 19.5. The Labute approximate surface area is 168 Å². The Hall–Kier alpha value is -1.30. The van der Waals surface area contributed by atoms with Gasteiger partial charge in [0.25, 0.3) is 0 Å². The predicted octanol–water partition coefficient (Wildman–Crippen LogP) is 4.10. The first-order valence-corrected chi connectivity index (χ1v) is 17.7. The molecule has 3 rings (SSSR count). The third-order valence-corrected chi connectivity index (χ3v) is 25.1. The Morgan fingerprint density at radius 2 is 1.08 bits per heavy atom. The molecule has 132 valence electrons. The van der Waals surface area contributed by atoms with Crippen molar-refractivity contribution >= 4 is 53.3 Å². The van der Waals surface area contributed by atoms with Gasteiger partial charge in [-0.3, -0.25) is 0 Å². The van der Waals surface area contributed by atoms with E-state index in [4.69, 9.17) is 17.0 Å². The molecule has 0 saturated carbocycles. The molecule has 0 bridgehead atoms. The van der Waals surface area contributed by atoms with Crippen molar-refractivity contribution < 1.29 is 4.74 Å². The molecule has 0 atom stereocenters. The molecule has 0 aliphatic rings. The van der Waals surface area contributed by atoms with E-state index in [1.807, 2.05) is 13.8 Å². The summed E-state index contributed by atoms with van der Waals surface area (Å²) in [7, 11) is 1.80. The molecule has 0 unspecified atom stereocenters. The SMILES string of the molecule is CC(C)OC(=S)[S][Sn]([c]1ccccc1)([c]1ccccc1)[c]1ccccc1. The van der Waals surface area contributed by atoms with Crippen molar-refractivity contribution in [3.8, 4) is 0 Å². The third kappa shape index (κ3) is 4.33. The molecule has 0 aliphatic heterocycles. The summed E-state index contributed by atoms with van der Waals surface area (Å²) in [4.78, 5) is 0. The summed E-state index contributed by atoms with van der Waals surface area (Å²) in [5.74, 6) is 0. The summed E-state index contributed by atoms with van der Waals surface area (Å²) in [6.07, 6.45) is 0.0845. The van der Waals surface area contributed by atoms with E-state index in [0.29, 0.717) is 4.38 Å². The van der Waals surface area contributed by atoms with Crippen LogP contribution in [-0.2, 0) is 4.74 Å². The van der Waals surface area contributed by atoms with Crippen LogP contribution in [0.3, 0.4) is 0 Å². The van der Waals surface area contributed by atoms with Gasteiger partial charge in [-0.15, -0.1) is 0 Å². The molecule has 0 radical (unpaired) electrons. The molecular formula is C22H22OS2Sn. The second kappa shape index (κ2) is 9.07. The molecule has 0 aliphatic carbocycles. The zero-order valence-corrected chi connectivity index (χ0v) is 19.4. The monoisotopic (exact) mass is 486 g/mol. The molecule has 1 nitrogen and oxygen atoms in total. The number of hydrogen-bond acceptors (Lipinski definition) is 3. The van der Waals surface area contributed by atoms with Gasteiger partial charge < -0.3 is 0 Å². The van der Waals surface area contributed by atoms with Crippen LogP contribution in [0.4, 0.5) is 0 Å². The van der Waals surface area contributed by atoms with E-state index >= 15 is 0 Å². The molecule has 0 fully saturated rings. The van der Waals surface area contributed by atoms with Gasteiger partial charge in [0.2, 0.25) is 0 Å². The zero-order valence-electron chi connectivity index (χ0n) is 15.0. The van der Waals surface area contributed by atoms with E-state index in [-0.39, 0.29) is 6.10 Å². The molecule has 0 amide bonds. The van der Waals surface area contributed by atoms with Gasteiger partial charge in [0.1, 0.15) is 0 Å². The summed E-state index contributed by atoms with van der Waals surface area (Å²) >= 11 is 2.27. The predicted molar refractivity (Wildman–Crippen MR) is 120 cm³/mol. The Morgan fingerprint density at radius 3 is 1.38 bits per heavy atom. The Kier molecular flexibility index (Phi) is 6.79. The first-order valence-electron chi connectivity index (χ1n) is 8.69. The van der Waals surface area contributed by atoms with E-state index in [2.05, 4.69) is 91.0 Å². The second-order valence-corrected chi connectivity index (χ2v) is 22.2.